The lowest BCUT2D eigenvalue weighted by Crippen LogP contribution is -2.26. The molecule has 82 valence electrons. The van der Waals surface area contributed by atoms with Crippen LogP contribution in [0.5, 0.6) is 0 Å². The normalized spacial score (nSPS) is 12.6. The van der Waals surface area contributed by atoms with Gasteiger partial charge in [-0.3, -0.25) is 0 Å². The smallest absolute Gasteiger partial charge is 0.333 e. The van der Waals surface area contributed by atoms with Gasteiger partial charge in [0, 0.05) is 5.57 Å². The number of hydrogen-bond acceptors (Lipinski definition) is 2. The predicted molar refractivity (Wildman–Crippen MR) is 59.1 cm³/mol. The van der Waals surface area contributed by atoms with E-state index in [0.717, 1.165) is 19.3 Å². The lowest BCUT2D eigenvalue weighted by Gasteiger charge is -2.24. The average Bonchev–Trinajstić information content (AvgIpc) is 2.17. The molecule has 14 heavy (non-hydrogen) atoms. The van der Waals surface area contributed by atoms with Crippen LogP contribution in [-0.4, -0.2) is 12.1 Å². The molecular weight excluding hydrogens is 176 g/mol. The van der Waals surface area contributed by atoms with E-state index in [9.17, 15) is 4.79 Å². The SMILES string of the molecule is C=C(C)C(=O)OC(CC)C(CC)CC. The minimum absolute atomic E-state index is 0.0502. The molecule has 0 saturated heterocycles. The third kappa shape index (κ3) is 3.95. The standard InChI is InChI=1S/C12H22O2/c1-6-10(7-2)11(8-3)14-12(13)9(4)5/h10-11H,4,6-8H2,1-3,5H3. The topological polar surface area (TPSA) is 26.3 Å². The van der Waals surface area contributed by atoms with Crippen LogP contribution >= 0.6 is 0 Å². The Labute approximate surface area is 87.3 Å². The number of carbonyl (C=O) groups excluding carboxylic acids is 1. The Morgan fingerprint density at radius 2 is 1.71 bits per heavy atom. The van der Waals surface area contributed by atoms with Gasteiger partial charge < -0.3 is 4.74 Å². The van der Waals surface area contributed by atoms with Gasteiger partial charge in [-0.2, -0.15) is 0 Å². The second kappa shape index (κ2) is 6.63. The van der Waals surface area contributed by atoms with Crippen molar-refractivity contribution in [3.05, 3.63) is 12.2 Å². The van der Waals surface area contributed by atoms with Crippen molar-refractivity contribution in [1.82, 2.24) is 0 Å². The Morgan fingerprint density at radius 3 is 2.00 bits per heavy atom. The average molecular weight is 198 g/mol. The van der Waals surface area contributed by atoms with Gasteiger partial charge in [-0.25, -0.2) is 4.79 Å². The number of carbonyl (C=O) groups is 1. The molecule has 0 aromatic carbocycles. The van der Waals surface area contributed by atoms with Crippen LogP contribution in [0, 0.1) is 5.92 Å². The highest BCUT2D eigenvalue weighted by Crippen LogP contribution is 2.19. The molecule has 0 spiro atoms. The fraction of sp³-hybridized carbons (Fsp3) is 0.750. The van der Waals surface area contributed by atoms with Crippen molar-refractivity contribution < 1.29 is 9.53 Å². The predicted octanol–water partition coefficient (Wildman–Crippen LogP) is 3.32. The summed E-state index contributed by atoms with van der Waals surface area (Å²) in [5.74, 6) is 0.215. The van der Waals surface area contributed by atoms with E-state index in [1.54, 1.807) is 6.92 Å². The molecule has 0 aliphatic rings. The Hall–Kier alpha value is -0.790. The first kappa shape index (κ1) is 13.2. The van der Waals surface area contributed by atoms with Gasteiger partial charge in [0.2, 0.25) is 0 Å². The van der Waals surface area contributed by atoms with Crippen molar-refractivity contribution in [2.24, 2.45) is 5.92 Å². The maximum absolute atomic E-state index is 11.3. The summed E-state index contributed by atoms with van der Waals surface area (Å²) < 4.78 is 5.37. The zero-order chi connectivity index (χ0) is 11.1. The number of rotatable bonds is 6. The summed E-state index contributed by atoms with van der Waals surface area (Å²) >= 11 is 0. The molecule has 0 aliphatic carbocycles. The van der Waals surface area contributed by atoms with Gasteiger partial charge in [-0.1, -0.05) is 27.4 Å². The first-order valence-corrected chi connectivity index (χ1v) is 5.43. The molecule has 0 rings (SSSR count). The van der Waals surface area contributed by atoms with Crippen LogP contribution in [0.15, 0.2) is 12.2 Å². The third-order valence-electron chi connectivity index (χ3n) is 2.58. The highest BCUT2D eigenvalue weighted by Gasteiger charge is 2.20. The molecule has 1 unspecified atom stereocenters. The van der Waals surface area contributed by atoms with Crippen LogP contribution in [0.3, 0.4) is 0 Å². The highest BCUT2D eigenvalue weighted by atomic mass is 16.5. The Bertz CT molecular complexity index is 192. The molecule has 2 nitrogen and oxygen atoms in total. The minimum Gasteiger partial charge on any atom is -0.459 e. The molecule has 0 saturated carbocycles. The molecule has 2 heteroatoms. The molecule has 0 radical (unpaired) electrons. The van der Waals surface area contributed by atoms with Crippen molar-refractivity contribution >= 4 is 5.97 Å². The van der Waals surface area contributed by atoms with E-state index in [1.807, 2.05) is 0 Å². The van der Waals surface area contributed by atoms with Crippen LogP contribution < -0.4 is 0 Å². The van der Waals surface area contributed by atoms with Gasteiger partial charge in [0.05, 0.1) is 0 Å². The van der Waals surface area contributed by atoms with Gasteiger partial charge in [0.25, 0.3) is 0 Å². The highest BCUT2D eigenvalue weighted by molar-refractivity contribution is 5.87. The van der Waals surface area contributed by atoms with Crippen molar-refractivity contribution in [1.29, 1.82) is 0 Å². The van der Waals surface area contributed by atoms with Gasteiger partial charge in [-0.05, 0) is 32.1 Å². The minimum atomic E-state index is -0.260. The summed E-state index contributed by atoms with van der Waals surface area (Å²) in [7, 11) is 0. The summed E-state index contributed by atoms with van der Waals surface area (Å²) in [6, 6.07) is 0. The van der Waals surface area contributed by atoms with Crippen molar-refractivity contribution in [3.63, 3.8) is 0 Å². The zero-order valence-corrected chi connectivity index (χ0v) is 9.80. The van der Waals surface area contributed by atoms with E-state index < -0.39 is 0 Å². The Kier molecular flexibility index (Phi) is 6.26. The summed E-state index contributed by atoms with van der Waals surface area (Å²) in [5.41, 5.74) is 0.481. The van der Waals surface area contributed by atoms with Crippen LogP contribution in [-0.2, 0) is 9.53 Å². The first-order chi connectivity index (χ1) is 6.56. The van der Waals surface area contributed by atoms with Crippen molar-refractivity contribution in [2.45, 2.75) is 53.1 Å². The molecule has 0 amide bonds. The van der Waals surface area contributed by atoms with E-state index >= 15 is 0 Å². The molecular formula is C12H22O2. The molecule has 0 heterocycles. The summed E-state index contributed by atoms with van der Waals surface area (Å²) in [6.07, 6.45) is 3.04. The lowest BCUT2D eigenvalue weighted by molar-refractivity contribution is -0.147. The first-order valence-electron chi connectivity index (χ1n) is 5.43. The van der Waals surface area contributed by atoms with Crippen LogP contribution in [0.1, 0.15) is 47.0 Å². The molecule has 1 atom stereocenters. The van der Waals surface area contributed by atoms with Crippen molar-refractivity contribution in [3.8, 4) is 0 Å². The van der Waals surface area contributed by atoms with E-state index in [0.29, 0.717) is 11.5 Å². The zero-order valence-electron chi connectivity index (χ0n) is 9.80. The van der Waals surface area contributed by atoms with E-state index in [1.165, 1.54) is 0 Å². The van der Waals surface area contributed by atoms with Gasteiger partial charge in [0.1, 0.15) is 6.10 Å². The van der Waals surface area contributed by atoms with Crippen molar-refractivity contribution in [2.75, 3.05) is 0 Å². The molecule has 0 N–H and O–H groups in total. The summed E-state index contributed by atoms with van der Waals surface area (Å²) in [5, 5.41) is 0. The van der Waals surface area contributed by atoms with E-state index in [-0.39, 0.29) is 12.1 Å². The second-order valence-corrected chi connectivity index (χ2v) is 3.71. The quantitative estimate of drug-likeness (QED) is 0.483. The van der Waals surface area contributed by atoms with E-state index in [2.05, 4.69) is 27.4 Å². The van der Waals surface area contributed by atoms with Crippen LogP contribution in [0.25, 0.3) is 0 Å². The fourth-order valence-corrected chi connectivity index (χ4v) is 1.57. The fourth-order valence-electron chi connectivity index (χ4n) is 1.57. The number of esters is 1. The molecule has 0 aromatic heterocycles. The van der Waals surface area contributed by atoms with Gasteiger partial charge in [-0.15, -0.1) is 0 Å². The van der Waals surface area contributed by atoms with Gasteiger partial charge >= 0.3 is 5.97 Å². The van der Waals surface area contributed by atoms with E-state index in [4.69, 9.17) is 4.74 Å². The lowest BCUT2D eigenvalue weighted by atomic mass is 9.95. The summed E-state index contributed by atoms with van der Waals surface area (Å²) in [4.78, 5) is 11.3. The van der Waals surface area contributed by atoms with Crippen LogP contribution in [0.2, 0.25) is 0 Å². The monoisotopic (exact) mass is 198 g/mol. The maximum atomic E-state index is 11.3. The van der Waals surface area contributed by atoms with Crippen LogP contribution in [0.4, 0.5) is 0 Å². The third-order valence-corrected chi connectivity index (χ3v) is 2.58. The summed E-state index contributed by atoms with van der Waals surface area (Å²) in [6.45, 7) is 11.6. The number of ether oxygens (including phenoxy) is 1. The Balaban J connectivity index is 4.27. The molecule has 0 aromatic rings. The second-order valence-electron chi connectivity index (χ2n) is 3.71. The number of hydrogen-bond donors (Lipinski definition) is 0. The Morgan fingerprint density at radius 1 is 1.21 bits per heavy atom. The van der Waals surface area contributed by atoms with Gasteiger partial charge in [0.15, 0.2) is 0 Å². The maximum Gasteiger partial charge on any atom is 0.333 e. The molecule has 0 fully saturated rings. The largest absolute Gasteiger partial charge is 0.459 e. The molecule has 0 bridgehead atoms. The molecule has 0 aliphatic heterocycles.